The molecule has 0 saturated carbocycles. The summed E-state index contributed by atoms with van der Waals surface area (Å²) in [5.41, 5.74) is 7.51. The first-order valence-electron chi connectivity index (χ1n) is 10.5. The average molecular weight is 419 g/mol. The number of carbonyl (C=O) groups is 1. The van der Waals surface area contributed by atoms with Gasteiger partial charge in [0.25, 0.3) is 0 Å². The first kappa shape index (κ1) is 19.7. The topological polar surface area (TPSA) is 56.5 Å². The number of rotatable bonds is 5. The standard InChI is InChI=1S/C27H21N3O2/c1-2-32-27(31)21-10-8-19(9-11-21)22-13-15-30-25(18-29-26(30)17-22)23-12-14-28-24(16-23)20-6-4-3-5-7-20/h3-18H,2H2,1H3. The molecule has 0 spiro atoms. The normalized spacial score (nSPS) is 10.9. The van der Waals surface area contributed by atoms with Crippen LogP contribution in [0.15, 0.2) is 97.5 Å². The molecule has 5 aromatic rings. The van der Waals surface area contributed by atoms with Crippen molar-refractivity contribution >= 4 is 11.6 Å². The van der Waals surface area contributed by atoms with Gasteiger partial charge in [-0.25, -0.2) is 9.78 Å². The summed E-state index contributed by atoms with van der Waals surface area (Å²) < 4.78 is 7.13. The molecule has 0 bridgehead atoms. The maximum atomic E-state index is 11.9. The van der Waals surface area contributed by atoms with Gasteiger partial charge in [0.15, 0.2) is 0 Å². The molecule has 3 heterocycles. The van der Waals surface area contributed by atoms with E-state index in [0.717, 1.165) is 39.3 Å². The van der Waals surface area contributed by atoms with E-state index in [0.29, 0.717) is 12.2 Å². The predicted octanol–water partition coefficient (Wildman–Crippen LogP) is 5.91. The van der Waals surface area contributed by atoms with Gasteiger partial charge in [-0.15, -0.1) is 0 Å². The molecule has 5 heteroatoms. The number of hydrogen-bond acceptors (Lipinski definition) is 4. The highest BCUT2D eigenvalue weighted by Gasteiger charge is 2.10. The third-order valence-electron chi connectivity index (χ3n) is 5.37. The zero-order chi connectivity index (χ0) is 21.9. The molecule has 0 amide bonds. The molecule has 0 N–H and O–H groups in total. The Morgan fingerprint density at radius 2 is 1.66 bits per heavy atom. The van der Waals surface area contributed by atoms with E-state index in [-0.39, 0.29) is 5.97 Å². The van der Waals surface area contributed by atoms with Crippen molar-refractivity contribution in [2.45, 2.75) is 6.92 Å². The van der Waals surface area contributed by atoms with Gasteiger partial charge in [0, 0.05) is 23.5 Å². The van der Waals surface area contributed by atoms with Crippen LogP contribution in [0.3, 0.4) is 0 Å². The molecule has 2 aromatic carbocycles. The molecule has 0 aliphatic rings. The summed E-state index contributed by atoms with van der Waals surface area (Å²) in [4.78, 5) is 21.0. The summed E-state index contributed by atoms with van der Waals surface area (Å²) in [6.07, 6.45) is 5.73. The van der Waals surface area contributed by atoms with Crippen molar-refractivity contribution in [2.24, 2.45) is 0 Å². The molecule has 0 aliphatic heterocycles. The smallest absolute Gasteiger partial charge is 0.338 e. The van der Waals surface area contributed by atoms with Crippen LogP contribution in [0.1, 0.15) is 17.3 Å². The van der Waals surface area contributed by atoms with E-state index in [9.17, 15) is 4.79 Å². The van der Waals surface area contributed by atoms with Crippen LogP contribution < -0.4 is 0 Å². The molecule has 0 unspecified atom stereocenters. The molecule has 0 aliphatic carbocycles. The van der Waals surface area contributed by atoms with Crippen LogP contribution >= 0.6 is 0 Å². The molecular formula is C27H21N3O2. The monoisotopic (exact) mass is 419 g/mol. The van der Waals surface area contributed by atoms with E-state index in [1.54, 1.807) is 19.1 Å². The minimum Gasteiger partial charge on any atom is -0.462 e. The number of imidazole rings is 1. The Kier molecular flexibility index (Phi) is 5.22. The Balaban J connectivity index is 1.47. The maximum Gasteiger partial charge on any atom is 0.338 e. The fourth-order valence-electron chi connectivity index (χ4n) is 3.74. The second-order valence-corrected chi connectivity index (χ2v) is 7.38. The highest BCUT2D eigenvalue weighted by molar-refractivity contribution is 5.90. The van der Waals surface area contributed by atoms with Gasteiger partial charge in [0.05, 0.1) is 29.8 Å². The lowest BCUT2D eigenvalue weighted by atomic mass is 10.0. The van der Waals surface area contributed by atoms with Crippen molar-refractivity contribution in [1.29, 1.82) is 0 Å². The number of carbonyl (C=O) groups excluding carboxylic acids is 1. The molecule has 0 atom stereocenters. The Hall–Kier alpha value is -4.25. The zero-order valence-corrected chi connectivity index (χ0v) is 17.6. The van der Waals surface area contributed by atoms with Crippen molar-refractivity contribution in [3.05, 3.63) is 103 Å². The largest absolute Gasteiger partial charge is 0.462 e. The quantitative estimate of drug-likeness (QED) is 0.333. The van der Waals surface area contributed by atoms with E-state index < -0.39 is 0 Å². The molecule has 5 nitrogen and oxygen atoms in total. The van der Waals surface area contributed by atoms with Gasteiger partial charge < -0.3 is 4.74 Å². The molecule has 3 aromatic heterocycles. The summed E-state index contributed by atoms with van der Waals surface area (Å²) in [5.74, 6) is -0.306. The Morgan fingerprint density at radius 3 is 2.44 bits per heavy atom. The van der Waals surface area contributed by atoms with Gasteiger partial charge in [-0.2, -0.15) is 0 Å². The van der Waals surface area contributed by atoms with E-state index in [2.05, 4.69) is 38.6 Å². The van der Waals surface area contributed by atoms with Crippen LogP contribution in [0.2, 0.25) is 0 Å². The number of pyridine rings is 2. The lowest BCUT2D eigenvalue weighted by Crippen LogP contribution is -2.04. The minimum atomic E-state index is -0.306. The van der Waals surface area contributed by atoms with Crippen molar-refractivity contribution < 1.29 is 9.53 Å². The van der Waals surface area contributed by atoms with Gasteiger partial charge in [-0.1, -0.05) is 42.5 Å². The van der Waals surface area contributed by atoms with E-state index in [1.807, 2.05) is 61.1 Å². The summed E-state index contributed by atoms with van der Waals surface area (Å²) in [5, 5.41) is 0. The van der Waals surface area contributed by atoms with Crippen LogP contribution in [-0.2, 0) is 4.74 Å². The SMILES string of the molecule is CCOC(=O)c1ccc(-c2ccn3c(-c4ccnc(-c5ccccc5)c4)cnc3c2)cc1. The van der Waals surface area contributed by atoms with Crippen LogP contribution in [0.4, 0.5) is 0 Å². The van der Waals surface area contributed by atoms with E-state index >= 15 is 0 Å². The highest BCUT2D eigenvalue weighted by atomic mass is 16.5. The van der Waals surface area contributed by atoms with Crippen molar-refractivity contribution in [1.82, 2.24) is 14.4 Å². The average Bonchev–Trinajstić information content (AvgIpc) is 3.28. The number of ether oxygens (including phenoxy) is 1. The van der Waals surface area contributed by atoms with Crippen LogP contribution in [0.25, 0.3) is 39.3 Å². The fraction of sp³-hybridized carbons (Fsp3) is 0.0741. The number of nitrogens with zero attached hydrogens (tertiary/aromatic N) is 3. The number of esters is 1. The Labute approximate surface area is 186 Å². The third kappa shape index (κ3) is 3.76. The lowest BCUT2D eigenvalue weighted by Gasteiger charge is -2.07. The molecule has 0 saturated heterocycles. The second kappa shape index (κ2) is 8.47. The van der Waals surface area contributed by atoms with Crippen LogP contribution in [-0.4, -0.2) is 26.9 Å². The van der Waals surface area contributed by atoms with E-state index in [1.165, 1.54) is 0 Å². The molecule has 0 radical (unpaired) electrons. The molecule has 5 rings (SSSR count). The maximum absolute atomic E-state index is 11.9. The summed E-state index contributed by atoms with van der Waals surface area (Å²) in [7, 11) is 0. The first-order valence-corrected chi connectivity index (χ1v) is 10.5. The number of hydrogen-bond donors (Lipinski definition) is 0. The van der Waals surface area contributed by atoms with Gasteiger partial charge in [-0.05, 0) is 54.4 Å². The molecular weight excluding hydrogens is 398 g/mol. The van der Waals surface area contributed by atoms with Gasteiger partial charge in [0.1, 0.15) is 5.65 Å². The molecule has 0 fully saturated rings. The Morgan fingerprint density at radius 1 is 0.844 bits per heavy atom. The van der Waals surface area contributed by atoms with Crippen molar-refractivity contribution in [3.63, 3.8) is 0 Å². The highest BCUT2D eigenvalue weighted by Crippen LogP contribution is 2.27. The van der Waals surface area contributed by atoms with Gasteiger partial charge >= 0.3 is 5.97 Å². The summed E-state index contributed by atoms with van der Waals surface area (Å²) in [6, 6.07) is 25.7. The summed E-state index contributed by atoms with van der Waals surface area (Å²) >= 11 is 0. The molecule has 156 valence electrons. The van der Waals surface area contributed by atoms with Crippen LogP contribution in [0, 0.1) is 0 Å². The van der Waals surface area contributed by atoms with Crippen molar-refractivity contribution in [2.75, 3.05) is 6.61 Å². The second-order valence-electron chi connectivity index (χ2n) is 7.38. The zero-order valence-electron chi connectivity index (χ0n) is 17.6. The lowest BCUT2D eigenvalue weighted by molar-refractivity contribution is 0.0526. The number of aromatic nitrogens is 3. The van der Waals surface area contributed by atoms with Crippen LogP contribution in [0.5, 0.6) is 0 Å². The predicted molar refractivity (Wildman–Crippen MR) is 125 cm³/mol. The fourth-order valence-corrected chi connectivity index (χ4v) is 3.74. The molecule has 32 heavy (non-hydrogen) atoms. The summed E-state index contributed by atoms with van der Waals surface area (Å²) in [6.45, 7) is 2.17. The minimum absolute atomic E-state index is 0.306. The number of fused-ring (bicyclic) bond motifs is 1. The first-order chi connectivity index (χ1) is 15.7. The van der Waals surface area contributed by atoms with Crippen molar-refractivity contribution in [3.8, 4) is 33.6 Å². The van der Waals surface area contributed by atoms with Gasteiger partial charge in [0.2, 0.25) is 0 Å². The van der Waals surface area contributed by atoms with E-state index in [4.69, 9.17) is 4.74 Å². The Bertz CT molecular complexity index is 1390. The number of benzene rings is 2. The van der Waals surface area contributed by atoms with Gasteiger partial charge in [-0.3, -0.25) is 9.38 Å². The third-order valence-corrected chi connectivity index (χ3v) is 5.37.